The maximum atomic E-state index is 2.31. The zero-order valence-corrected chi connectivity index (χ0v) is 7.34. The number of halogens is 2. The van der Waals surface area contributed by atoms with E-state index in [0.717, 1.165) is 0 Å². The minimum absolute atomic E-state index is 0. The summed E-state index contributed by atoms with van der Waals surface area (Å²) in [6.07, 6.45) is 2.24. The predicted octanol–water partition coefficient (Wildman–Crippen LogP) is 1.83. The average Bonchev–Trinajstić information content (AvgIpc) is 0.722. The normalized spacial score (nSPS) is 17.6. The van der Waals surface area contributed by atoms with E-state index in [2.05, 4.69) is 10.2 Å². The maximum Gasteiger partial charge on any atom is -0.107 e. The van der Waals surface area contributed by atoms with E-state index in [-0.39, 0.29) is 24.0 Å². The minimum atomic E-state index is 0. The first-order valence-corrected chi connectivity index (χ1v) is 4.26. The second kappa shape index (κ2) is 3.39. The van der Waals surface area contributed by atoms with Gasteiger partial charge in [-0.05, 0) is 0 Å². The van der Waals surface area contributed by atoms with Crippen molar-refractivity contribution in [2.75, 3.05) is 4.43 Å². The van der Waals surface area contributed by atoms with Crippen molar-refractivity contribution >= 4 is 45.2 Å². The van der Waals surface area contributed by atoms with E-state index in [9.17, 15) is 0 Å². The minimum Gasteiger partial charge on any atom is -0.107 e. The van der Waals surface area contributed by atoms with Crippen LogP contribution in [0.25, 0.3) is 0 Å². The van der Waals surface area contributed by atoms with Crippen LogP contribution in [0.4, 0.5) is 0 Å². The van der Waals surface area contributed by atoms with E-state index in [1.165, 1.54) is 4.43 Å². The van der Waals surface area contributed by atoms with Gasteiger partial charge in [0, 0.05) is 0 Å². The van der Waals surface area contributed by atoms with Crippen molar-refractivity contribution in [3.05, 3.63) is 10.2 Å². The van der Waals surface area contributed by atoms with Gasteiger partial charge in [0.2, 0.25) is 0 Å². The van der Waals surface area contributed by atoms with Gasteiger partial charge in [0.05, 0.1) is 0 Å². The van der Waals surface area contributed by atoms with E-state index in [1.807, 2.05) is 0 Å². The molecule has 0 unspecified atom stereocenters. The quantitative estimate of drug-likeness (QED) is 0.472. The molecular formula is C3H6I2. The summed E-state index contributed by atoms with van der Waals surface area (Å²) in [5, 5.41) is 0. The molecule has 0 nitrogen and oxygen atoms in total. The van der Waals surface area contributed by atoms with Crippen LogP contribution >= 0.6 is 45.2 Å². The first kappa shape index (κ1) is 6.20. The molecule has 0 spiro atoms. The molecule has 0 aromatic rings. The molecule has 1 aliphatic rings. The first-order valence-electron chi connectivity index (χ1n) is 1.27. The van der Waals surface area contributed by atoms with Gasteiger partial charge in [0.25, 0.3) is 0 Å². The van der Waals surface area contributed by atoms with Crippen LogP contribution in [0.15, 0.2) is 10.2 Å². The molecule has 0 radical (unpaired) electrons. The molecule has 0 aromatic heterocycles. The Hall–Kier alpha value is 1.20. The summed E-state index contributed by atoms with van der Waals surface area (Å²) in [4.78, 5) is 0. The summed E-state index contributed by atoms with van der Waals surface area (Å²) < 4.78 is 3.76. The molecule has 0 aromatic carbocycles. The average molecular weight is 296 g/mol. The van der Waals surface area contributed by atoms with Crippen LogP contribution in [0, 0.1) is 0 Å². The van der Waals surface area contributed by atoms with Crippen LogP contribution in [-0.2, 0) is 0 Å². The Bertz CT molecular complexity index is 34.2. The van der Waals surface area contributed by atoms with Gasteiger partial charge in [-0.2, -0.15) is 0 Å². The van der Waals surface area contributed by atoms with Gasteiger partial charge in [0.1, 0.15) is 0 Å². The van der Waals surface area contributed by atoms with Gasteiger partial charge < -0.3 is 0 Å². The van der Waals surface area contributed by atoms with Gasteiger partial charge in [0.15, 0.2) is 0 Å². The summed E-state index contributed by atoms with van der Waals surface area (Å²) in [7, 11) is 0. The Morgan fingerprint density at radius 2 is 1.80 bits per heavy atom. The molecule has 0 atom stereocenters. The van der Waals surface area contributed by atoms with Crippen LogP contribution in [0.3, 0.4) is 0 Å². The van der Waals surface area contributed by atoms with E-state index in [0.29, 0.717) is 21.2 Å². The molecule has 0 saturated carbocycles. The van der Waals surface area contributed by atoms with Crippen molar-refractivity contribution in [2.24, 2.45) is 0 Å². The van der Waals surface area contributed by atoms with Crippen molar-refractivity contribution in [1.82, 2.24) is 0 Å². The molecule has 0 fully saturated rings. The fraction of sp³-hybridized carbons (Fsp3) is 0.333. The van der Waals surface area contributed by atoms with Crippen molar-refractivity contribution in [2.45, 2.75) is 0 Å². The SMILES string of the molecule is C1=C[IH]C1.I. The smallest absolute Gasteiger partial charge is 0.107 e. The molecule has 32 valence electrons. The van der Waals surface area contributed by atoms with Crippen LogP contribution < -0.4 is 0 Å². The number of rotatable bonds is 0. The molecule has 0 bridgehead atoms. The molecular weight excluding hydrogens is 290 g/mol. The van der Waals surface area contributed by atoms with E-state index < -0.39 is 0 Å². The number of alkyl halides is 1. The second-order valence-electron chi connectivity index (χ2n) is 0.705. The summed E-state index contributed by atoms with van der Waals surface area (Å²) in [6.45, 7) is 0. The first-order chi connectivity index (χ1) is 2.00. The maximum absolute atomic E-state index is 2.31. The number of allylic oxidation sites excluding steroid dienone is 1. The second-order valence-corrected chi connectivity index (χ2v) is 3.38. The van der Waals surface area contributed by atoms with Gasteiger partial charge in [-0.25, -0.2) is 0 Å². The van der Waals surface area contributed by atoms with Crippen molar-refractivity contribution in [3.63, 3.8) is 0 Å². The molecule has 1 heterocycles. The van der Waals surface area contributed by atoms with Crippen LogP contribution in [-0.4, -0.2) is 4.43 Å². The van der Waals surface area contributed by atoms with Crippen molar-refractivity contribution in [1.29, 1.82) is 0 Å². The summed E-state index contributed by atoms with van der Waals surface area (Å²) in [5.41, 5.74) is 0. The Kier molecular flexibility index (Phi) is 4.21. The fourth-order valence-corrected chi connectivity index (χ4v) is 0.645. The van der Waals surface area contributed by atoms with Crippen molar-refractivity contribution in [3.8, 4) is 0 Å². The molecule has 1 rings (SSSR count). The van der Waals surface area contributed by atoms with E-state index in [4.69, 9.17) is 0 Å². The van der Waals surface area contributed by atoms with Crippen LogP contribution in [0.2, 0.25) is 0 Å². The zero-order chi connectivity index (χ0) is 2.83. The molecule has 1 aliphatic heterocycles. The largest absolute Gasteiger partial charge is 0.107 e. The third-order valence-corrected chi connectivity index (χ3v) is 2.58. The van der Waals surface area contributed by atoms with Crippen molar-refractivity contribution < 1.29 is 0 Å². The third kappa shape index (κ3) is 1.97. The topological polar surface area (TPSA) is 0 Å². The molecule has 5 heavy (non-hydrogen) atoms. The molecule has 0 amide bonds. The monoisotopic (exact) mass is 296 g/mol. The number of hydrogen-bond donors (Lipinski definition) is 0. The van der Waals surface area contributed by atoms with Gasteiger partial charge in [-0.1, -0.05) is 0 Å². The van der Waals surface area contributed by atoms with E-state index >= 15 is 0 Å². The summed E-state index contributed by atoms with van der Waals surface area (Å²) in [6, 6.07) is 0. The molecule has 2 heteroatoms. The van der Waals surface area contributed by atoms with E-state index in [1.54, 1.807) is 0 Å². The summed E-state index contributed by atoms with van der Waals surface area (Å²) in [5.74, 6) is 0. The van der Waals surface area contributed by atoms with Gasteiger partial charge in [-0.3, -0.25) is 0 Å². The summed E-state index contributed by atoms with van der Waals surface area (Å²) >= 11 is 0.482. The Morgan fingerprint density at radius 1 is 1.60 bits per heavy atom. The Labute approximate surface area is 59.3 Å². The Balaban J connectivity index is 0.000000160. The molecule has 0 aliphatic carbocycles. The van der Waals surface area contributed by atoms with Gasteiger partial charge >= 0.3 is 35.8 Å². The standard InChI is InChI=1S/C3H5I.HI/c1-2-4-3-1;/h1-2,4H,3H2;1H. The van der Waals surface area contributed by atoms with Crippen LogP contribution in [0.1, 0.15) is 0 Å². The van der Waals surface area contributed by atoms with Crippen LogP contribution in [0.5, 0.6) is 0 Å². The number of hydrogen-bond acceptors (Lipinski definition) is 0. The fourth-order valence-electron chi connectivity index (χ4n) is 0.0962. The molecule has 0 N–H and O–H groups in total. The Morgan fingerprint density at radius 3 is 1.80 bits per heavy atom. The molecule has 0 saturated heterocycles. The predicted molar refractivity (Wildman–Crippen MR) is 44.8 cm³/mol. The third-order valence-electron chi connectivity index (χ3n) is 0.385. The zero-order valence-electron chi connectivity index (χ0n) is 2.68. The van der Waals surface area contributed by atoms with Gasteiger partial charge in [-0.15, -0.1) is 24.0 Å².